The lowest BCUT2D eigenvalue weighted by molar-refractivity contribution is 0.228. The van der Waals surface area contributed by atoms with E-state index in [1.807, 2.05) is 25.2 Å². The topological polar surface area (TPSA) is 37.2 Å². The van der Waals surface area contributed by atoms with Crippen molar-refractivity contribution >= 4 is 28.5 Å². The maximum Gasteiger partial charge on any atom is 0.142 e. The van der Waals surface area contributed by atoms with Crippen molar-refractivity contribution in [2.45, 2.75) is 19.4 Å². The van der Waals surface area contributed by atoms with Crippen LogP contribution in [-0.4, -0.2) is 51.7 Å². The Morgan fingerprint density at radius 1 is 1.15 bits per heavy atom. The zero-order valence-corrected chi connectivity index (χ0v) is 16.5. The second kappa shape index (κ2) is 6.50. The fraction of sp³-hybridized carbons (Fsp3) is 0.429. The standard InChI is InChI=1S/C21H24ClN5/c1-14-9-15-13-27(8-7-26(15)12-14)20-10-16(17(22)11-23-20)21-24-18-5-3-4-6-19(18)25(21)2/h3-6,10-11,14-15H,7-9,12-13H2,1-2H3/t14-,15-/m1/s1. The second-order valence-electron chi connectivity index (χ2n) is 7.94. The van der Waals surface area contributed by atoms with Crippen molar-refractivity contribution in [2.24, 2.45) is 13.0 Å². The Kier molecular flexibility index (Phi) is 4.10. The van der Waals surface area contributed by atoms with Crippen LogP contribution in [0.25, 0.3) is 22.4 Å². The summed E-state index contributed by atoms with van der Waals surface area (Å²) in [7, 11) is 2.04. The van der Waals surface area contributed by atoms with E-state index >= 15 is 0 Å². The van der Waals surface area contributed by atoms with Gasteiger partial charge in [-0.05, 0) is 30.5 Å². The Morgan fingerprint density at radius 3 is 2.85 bits per heavy atom. The average Bonchev–Trinajstić information content (AvgIpc) is 3.21. The van der Waals surface area contributed by atoms with Gasteiger partial charge in [0.1, 0.15) is 11.6 Å². The number of aromatic nitrogens is 3. The van der Waals surface area contributed by atoms with Crippen LogP contribution >= 0.6 is 11.6 Å². The molecule has 3 aromatic rings. The molecule has 0 amide bonds. The Hall–Kier alpha value is -2.11. The zero-order chi connectivity index (χ0) is 18.5. The summed E-state index contributed by atoms with van der Waals surface area (Å²) >= 11 is 6.53. The van der Waals surface area contributed by atoms with Gasteiger partial charge in [0, 0.05) is 51.0 Å². The first-order valence-electron chi connectivity index (χ1n) is 9.66. The Bertz CT molecular complexity index is 997. The molecule has 0 bridgehead atoms. The number of para-hydroxylation sites is 2. The molecule has 0 radical (unpaired) electrons. The molecule has 1 aromatic carbocycles. The molecule has 27 heavy (non-hydrogen) atoms. The van der Waals surface area contributed by atoms with Gasteiger partial charge in [0.05, 0.1) is 16.1 Å². The summed E-state index contributed by atoms with van der Waals surface area (Å²) in [6.45, 7) is 6.76. The number of nitrogens with zero attached hydrogens (tertiary/aromatic N) is 5. The van der Waals surface area contributed by atoms with Gasteiger partial charge < -0.3 is 9.47 Å². The van der Waals surface area contributed by atoms with Gasteiger partial charge in [-0.1, -0.05) is 30.7 Å². The fourth-order valence-electron chi connectivity index (χ4n) is 4.66. The first-order valence-corrected chi connectivity index (χ1v) is 10.0. The molecule has 0 spiro atoms. The third kappa shape index (κ3) is 2.89. The number of halogens is 1. The predicted octanol–water partition coefficient (Wildman–Crippen LogP) is 3.82. The number of benzene rings is 1. The Labute approximate surface area is 164 Å². The molecule has 2 fully saturated rings. The summed E-state index contributed by atoms with van der Waals surface area (Å²) in [6, 6.07) is 10.9. The first kappa shape index (κ1) is 17.0. The molecule has 2 aromatic heterocycles. The van der Waals surface area contributed by atoms with Gasteiger partial charge in [0.25, 0.3) is 0 Å². The minimum atomic E-state index is 0.644. The highest BCUT2D eigenvalue weighted by Crippen LogP contribution is 2.33. The van der Waals surface area contributed by atoms with Crippen molar-refractivity contribution in [2.75, 3.05) is 31.1 Å². The highest BCUT2D eigenvalue weighted by Gasteiger charge is 2.34. The lowest BCUT2D eigenvalue weighted by atomic mass is 10.1. The van der Waals surface area contributed by atoms with Gasteiger partial charge in [0.15, 0.2) is 0 Å². The molecule has 140 valence electrons. The lowest BCUT2D eigenvalue weighted by Gasteiger charge is -2.38. The van der Waals surface area contributed by atoms with Crippen LogP contribution in [0.2, 0.25) is 5.02 Å². The quantitative estimate of drug-likeness (QED) is 0.676. The fourth-order valence-corrected chi connectivity index (χ4v) is 4.85. The van der Waals surface area contributed by atoms with E-state index in [-0.39, 0.29) is 0 Å². The minimum absolute atomic E-state index is 0.644. The molecule has 0 unspecified atom stereocenters. The number of aryl methyl sites for hydroxylation is 1. The largest absolute Gasteiger partial charge is 0.354 e. The molecular weight excluding hydrogens is 358 g/mol. The molecule has 6 heteroatoms. The van der Waals surface area contributed by atoms with Crippen LogP contribution in [-0.2, 0) is 7.05 Å². The van der Waals surface area contributed by atoms with Gasteiger partial charge in [-0.15, -0.1) is 0 Å². The van der Waals surface area contributed by atoms with Crippen LogP contribution in [0, 0.1) is 5.92 Å². The summed E-state index contributed by atoms with van der Waals surface area (Å²) in [6.07, 6.45) is 3.05. The van der Waals surface area contributed by atoms with Crippen LogP contribution in [0.5, 0.6) is 0 Å². The first-order chi connectivity index (χ1) is 13.1. The summed E-state index contributed by atoms with van der Waals surface area (Å²) in [5, 5.41) is 0.644. The zero-order valence-electron chi connectivity index (χ0n) is 15.8. The molecular formula is C21H24ClN5. The van der Waals surface area contributed by atoms with Gasteiger partial charge >= 0.3 is 0 Å². The number of rotatable bonds is 2. The SMILES string of the molecule is C[C@@H]1C[C@@H]2CN(c3cc(-c4nc5ccccc5n4C)c(Cl)cn3)CCN2C1. The normalized spacial score (nSPS) is 23.1. The average molecular weight is 382 g/mol. The smallest absolute Gasteiger partial charge is 0.142 e. The van der Waals surface area contributed by atoms with E-state index in [9.17, 15) is 0 Å². The van der Waals surface area contributed by atoms with Gasteiger partial charge in [-0.25, -0.2) is 9.97 Å². The molecule has 5 rings (SSSR count). The van der Waals surface area contributed by atoms with E-state index in [2.05, 4.69) is 38.4 Å². The van der Waals surface area contributed by atoms with E-state index < -0.39 is 0 Å². The number of pyridine rings is 1. The van der Waals surface area contributed by atoms with Gasteiger partial charge in [-0.2, -0.15) is 0 Å². The minimum Gasteiger partial charge on any atom is -0.354 e. The van der Waals surface area contributed by atoms with Gasteiger partial charge in [0.2, 0.25) is 0 Å². The second-order valence-corrected chi connectivity index (χ2v) is 8.35. The maximum atomic E-state index is 6.53. The van der Waals surface area contributed by atoms with Crippen molar-refractivity contribution in [3.8, 4) is 11.4 Å². The molecule has 2 atom stereocenters. The highest BCUT2D eigenvalue weighted by molar-refractivity contribution is 6.33. The van der Waals surface area contributed by atoms with Crippen molar-refractivity contribution in [3.63, 3.8) is 0 Å². The summed E-state index contributed by atoms with van der Waals surface area (Å²) in [5.41, 5.74) is 3.04. The van der Waals surface area contributed by atoms with Crippen LogP contribution in [0.4, 0.5) is 5.82 Å². The van der Waals surface area contributed by atoms with Crippen LogP contribution in [0.1, 0.15) is 13.3 Å². The van der Waals surface area contributed by atoms with E-state index in [1.165, 1.54) is 13.0 Å². The maximum absolute atomic E-state index is 6.53. The summed E-state index contributed by atoms with van der Waals surface area (Å²) in [5.74, 6) is 2.68. The van der Waals surface area contributed by atoms with Crippen LogP contribution in [0.15, 0.2) is 36.5 Å². The number of fused-ring (bicyclic) bond motifs is 2. The predicted molar refractivity (Wildman–Crippen MR) is 110 cm³/mol. The van der Waals surface area contributed by atoms with E-state index in [1.54, 1.807) is 6.20 Å². The van der Waals surface area contributed by atoms with Crippen molar-refractivity contribution in [3.05, 3.63) is 41.6 Å². The molecule has 5 nitrogen and oxygen atoms in total. The number of piperazine rings is 1. The van der Waals surface area contributed by atoms with Crippen molar-refractivity contribution in [1.29, 1.82) is 0 Å². The van der Waals surface area contributed by atoms with Crippen LogP contribution in [0.3, 0.4) is 0 Å². The Balaban J connectivity index is 1.50. The third-order valence-corrected chi connectivity index (χ3v) is 6.32. The summed E-state index contributed by atoms with van der Waals surface area (Å²) in [4.78, 5) is 14.5. The molecule has 2 saturated heterocycles. The summed E-state index contributed by atoms with van der Waals surface area (Å²) < 4.78 is 2.11. The lowest BCUT2D eigenvalue weighted by Crippen LogP contribution is -2.50. The Morgan fingerprint density at radius 2 is 2.00 bits per heavy atom. The number of imidazole rings is 1. The molecule has 2 aliphatic rings. The molecule has 0 aliphatic carbocycles. The molecule has 4 heterocycles. The molecule has 0 saturated carbocycles. The van der Waals surface area contributed by atoms with Crippen molar-refractivity contribution < 1.29 is 0 Å². The molecule has 2 aliphatic heterocycles. The van der Waals surface area contributed by atoms with Gasteiger partial charge in [-0.3, -0.25) is 4.90 Å². The molecule has 0 N–H and O–H groups in total. The number of anilines is 1. The highest BCUT2D eigenvalue weighted by atomic mass is 35.5. The monoisotopic (exact) mass is 381 g/mol. The number of hydrogen-bond acceptors (Lipinski definition) is 4. The van der Waals surface area contributed by atoms with E-state index in [0.717, 1.165) is 53.8 Å². The van der Waals surface area contributed by atoms with Crippen molar-refractivity contribution in [1.82, 2.24) is 19.4 Å². The van der Waals surface area contributed by atoms with E-state index in [0.29, 0.717) is 11.1 Å². The van der Waals surface area contributed by atoms with Crippen LogP contribution < -0.4 is 4.90 Å². The van der Waals surface area contributed by atoms with E-state index in [4.69, 9.17) is 16.6 Å². The third-order valence-electron chi connectivity index (χ3n) is 6.02. The number of hydrogen-bond donors (Lipinski definition) is 0.